The van der Waals surface area contributed by atoms with Gasteiger partial charge in [0.2, 0.25) is 0 Å². The molecule has 0 unspecified atom stereocenters. The molecule has 2 heterocycles. The summed E-state index contributed by atoms with van der Waals surface area (Å²) >= 11 is 7.48. The quantitative estimate of drug-likeness (QED) is 0.215. The molecule has 2 aromatic heterocycles. The Bertz CT molecular complexity index is 1880. The van der Waals surface area contributed by atoms with Crippen LogP contribution in [0.15, 0.2) is 108 Å². The van der Waals surface area contributed by atoms with E-state index in [2.05, 4.69) is 5.32 Å². The number of para-hydroxylation sites is 1. The van der Waals surface area contributed by atoms with Crippen molar-refractivity contribution in [2.45, 2.75) is 6.92 Å². The molecule has 190 valence electrons. The van der Waals surface area contributed by atoms with E-state index in [9.17, 15) is 9.59 Å². The monoisotopic (exact) mass is 548 g/mol. The van der Waals surface area contributed by atoms with E-state index < -0.39 is 0 Å². The molecule has 0 saturated heterocycles. The van der Waals surface area contributed by atoms with Gasteiger partial charge in [-0.05, 0) is 67.6 Å². The van der Waals surface area contributed by atoms with Crippen molar-refractivity contribution in [2.24, 2.45) is 0 Å². The lowest BCUT2D eigenvalue weighted by Crippen LogP contribution is -2.22. The Hall–Kier alpha value is -4.59. The molecule has 0 aliphatic heterocycles. The van der Waals surface area contributed by atoms with Gasteiger partial charge in [0.15, 0.2) is 16.7 Å². The van der Waals surface area contributed by atoms with Gasteiger partial charge in [0.1, 0.15) is 4.88 Å². The highest BCUT2D eigenvalue weighted by molar-refractivity contribution is 7.19. The van der Waals surface area contributed by atoms with Crippen molar-refractivity contribution in [3.63, 3.8) is 0 Å². The summed E-state index contributed by atoms with van der Waals surface area (Å²) in [5.74, 6) is 0.423. The van der Waals surface area contributed by atoms with Gasteiger partial charge in [-0.25, -0.2) is 9.97 Å². The fourth-order valence-corrected chi connectivity index (χ4v) is 5.46. The number of halogens is 1. The molecule has 6 aromatic rings. The fourth-order valence-electron chi connectivity index (χ4n) is 4.34. The Balaban J connectivity index is 1.60. The predicted octanol–water partition coefficient (Wildman–Crippen LogP) is 7.78. The first-order valence-corrected chi connectivity index (χ1v) is 13.4. The first kappa shape index (κ1) is 24.7. The smallest absolute Gasteiger partial charge is 0.266 e. The molecule has 1 N–H and O–H groups in total. The number of benzene rings is 4. The number of ketones is 1. The molecule has 0 aliphatic rings. The molecule has 39 heavy (non-hydrogen) atoms. The first-order chi connectivity index (χ1) is 19.0. The summed E-state index contributed by atoms with van der Waals surface area (Å²) in [5, 5.41) is 5.15. The Morgan fingerprint density at radius 3 is 2.26 bits per heavy atom. The Morgan fingerprint density at radius 1 is 0.846 bits per heavy atom. The molecule has 6 nitrogen and oxygen atoms in total. The molecule has 0 fully saturated rings. The van der Waals surface area contributed by atoms with Crippen LogP contribution in [0.25, 0.3) is 38.5 Å². The molecule has 0 amide bonds. The third-order valence-corrected chi connectivity index (χ3v) is 7.50. The zero-order valence-electron chi connectivity index (χ0n) is 20.8. The molecule has 0 radical (unpaired) electrons. The minimum absolute atomic E-state index is 0.0440. The summed E-state index contributed by atoms with van der Waals surface area (Å²) in [6.07, 6.45) is 0. The third kappa shape index (κ3) is 4.85. The molecule has 0 spiro atoms. The van der Waals surface area contributed by atoms with Crippen molar-refractivity contribution >= 4 is 50.4 Å². The maximum absolute atomic E-state index is 13.9. The van der Waals surface area contributed by atoms with Crippen molar-refractivity contribution < 1.29 is 4.79 Å². The largest absolute Gasteiger partial charge is 0.332 e. The van der Waals surface area contributed by atoms with Crippen LogP contribution in [-0.4, -0.2) is 20.3 Å². The highest BCUT2D eigenvalue weighted by Gasteiger charge is 2.22. The average Bonchev–Trinajstić information content (AvgIpc) is 3.38. The van der Waals surface area contributed by atoms with Crippen LogP contribution in [0.3, 0.4) is 0 Å². The maximum atomic E-state index is 13.9. The van der Waals surface area contributed by atoms with E-state index in [4.69, 9.17) is 21.6 Å². The summed E-state index contributed by atoms with van der Waals surface area (Å²) in [4.78, 5) is 36.5. The van der Waals surface area contributed by atoms with E-state index in [1.54, 1.807) is 34.9 Å². The van der Waals surface area contributed by atoms with E-state index >= 15 is 0 Å². The molecule has 6 rings (SSSR count). The topological polar surface area (TPSA) is 76.9 Å². The summed E-state index contributed by atoms with van der Waals surface area (Å²) in [5.41, 5.74) is 4.00. The van der Waals surface area contributed by atoms with Crippen LogP contribution in [0.4, 0.5) is 10.8 Å². The lowest BCUT2D eigenvalue weighted by Gasteiger charge is -2.14. The summed E-state index contributed by atoms with van der Waals surface area (Å²) in [7, 11) is 0. The number of rotatable bonds is 6. The fraction of sp³-hybridized carbons (Fsp3) is 0.0323. The second kappa shape index (κ2) is 10.3. The highest BCUT2D eigenvalue weighted by Crippen LogP contribution is 2.40. The van der Waals surface area contributed by atoms with Gasteiger partial charge in [-0.15, -0.1) is 0 Å². The van der Waals surface area contributed by atoms with Crippen LogP contribution in [0.5, 0.6) is 0 Å². The Morgan fingerprint density at radius 2 is 1.54 bits per heavy atom. The summed E-state index contributed by atoms with van der Waals surface area (Å²) in [6, 6.07) is 31.5. The number of anilines is 2. The summed E-state index contributed by atoms with van der Waals surface area (Å²) < 4.78 is 1.60. The Kier molecular flexibility index (Phi) is 6.52. The Labute approximate surface area is 233 Å². The van der Waals surface area contributed by atoms with E-state index in [0.717, 1.165) is 16.1 Å². The summed E-state index contributed by atoms with van der Waals surface area (Å²) in [6.45, 7) is 1.52. The lowest BCUT2D eigenvalue weighted by molar-refractivity contribution is 0.101. The van der Waals surface area contributed by atoms with Crippen molar-refractivity contribution in [2.75, 3.05) is 5.32 Å². The molecular formula is C31H21ClN4O2S. The van der Waals surface area contributed by atoms with Crippen molar-refractivity contribution in [3.8, 4) is 27.6 Å². The number of aromatic nitrogens is 3. The normalized spacial score (nSPS) is 11.0. The van der Waals surface area contributed by atoms with E-state index in [-0.39, 0.29) is 11.3 Å². The van der Waals surface area contributed by atoms with Gasteiger partial charge >= 0.3 is 0 Å². The number of nitrogens with zero attached hydrogens (tertiary/aromatic N) is 3. The van der Waals surface area contributed by atoms with Gasteiger partial charge in [0, 0.05) is 21.8 Å². The number of Topliss-reactive ketones (excluding diaryl/α,β-unsaturated/α-hetero) is 1. The average molecular weight is 549 g/mol. The maximum Gasteiger partial charge on any atom is 0.266 e. The third-order valence-electron chi connectivity index (χ3n) is 6.28. The van der Waals surface area contributed by atoms with Crippen molar-refractivity contribution in [1.82, 2.24) is 14.5 Å². The SMILES string of the molecule is CC(=O)c1ccc(-n2c(-c3sc(Nc4ccc(Cl)cc4)nc3-c3ccccc3)nc3ccccc3c2=O)cc1. The zero-order chi connectivity index (χ0) is 26.9. The van der Waals surface area contributed by atoms with E-state index in [1.807, 2.05) is 72.8 Å². The predicted molar refractivity (Wildman–Crippen MR) is 159 cm³/mol. The van der Waals surface area contributed by atoms with Crippen molar-refractivity contribution in [3.05, 3.63) is 124 Å². The van der Waals surface area contributed by atoms with Gasteiger partial charge in [0.25, 0.3) is 5.56 Å². The van der Waals surface area contributed by atoms with E-state index in [0.29, 0.717) is 43.8 Å². The molecule has 0 atom stereocenters. The molecular weight excluding hydrogens is 528 g/mol. The van der Waals surface area contributed by atoms with Gasteiger partial charge in [-0.1, -0.05) is 65.4 Å². The second-order valence-corrected chi connectivity index (χ2v) is 10.3. The lowest BCUT2D eigenvalue weighted by atomic mass is 10.1. The molecule has 4 aromatic carbocycles. The van der Waals surface area contributed by atoms with Gasteiger partial charge in [-0.3, -0.25) is 14.2 Å². The minimum Gasteiger partial charge on any atom is -0.332 e. The van der Waals surface area contributed by atoms with Crippen LogP contribution in [0, 0.1) is 0 Å². The van der Waals surface area contributed by atoms with E-state index in [1.165, 1.54) is 18.3 Å². The molecule has 0 aliphatic carbocycles. The van der Waals surface area contributed by atoms with Crippen LogP contribution in [0.2, 0.25) is 5.02 Å². The second-order valence-electron chi connectivity index (χ2n) is 8.89. The minimum atomic E-state index is -0.203. The van der Waals surface area contributed by atoms with Gasteiger partial charge in [-0.2, -0.15) is 0 Å². The van der Waals surface area contributed by atoms with Gasteiger partial charge < -0.3 is 5.32 Å². The van der Waals surface area contributed by atoms with Crippen LogP contribution in [0.1, 0.15) is 17.3 Å². The molecule has 0 bridgehead atoms. The number of thiazole rings is 1. The van der Waals surface area contributed by atoms with Crippen LogP contribution >= 0.6 is 22.9 Å². The van der Waals surface area contributed by atoms with Crippen LogP contribution in [-0.2, 0) is 0 Å². The number of nitrogens with one attached hydrogen (secondary N) is 1. The number of fused-ring (bicyclic) bond motifs is 1. The first-order valence-electron chi connectivity index (χ1n) is 12.2. The standard InChI is InChI=1S/C31H21ClN4O2S/c1-19(37)20-11-17-24(18-12-20)36-29(34-26-10-6-5-9-25(26)30(36)38)28-27(21-7-3-2-4-8-21)35-31(39-28)33-23-15-13-22(32)14-16-23/h2-18H,1H3,(H,33,35). The number of carbonyl (C=O) groups is 1. The molecule has 8 heteroatoms. The zero-order valence-corrected chi connectivity index (χ0v) is 22.3. The number of hydrogen-bond acceptors (Lipinski definition) is 6. The highest BCUT2D eigenvalue weighted by atomic mass is 35.5. The number of hydrogen-bond donors (Lipinski definition) is 1. The number of carbonyl (C=O) groups excluding carboxylic acids is 1. The molecule has 0 saturated carbocycles. The van der Waals surface area contributed by atoms with Crippen LogP contribution < -0.4 is 10.9 Å². The van der Waals surface area contributed by atoms with Gasteiger partial charge in [0.05, 0.1) is 22.3 Å². The van der Waals surface area contributed by atoms with Crippen molar-refractivity contribution in [1.29, 1.82) is 0 Å².